The van der Waals surface area contributed by atoms with Gasteiger partial charge in [0.05, 0.1) is 17.5 Å². The van der Waals surface area contributed by atoms with Gasteiger partial charge in [0, 0.05) is 0 Å². The molecule has 0 spiro atoms. The van der Waals surface area contributed by atoms with Crippen molar-refractivity contribution in [1.29, 1.82) is 0 Å². The van der Waals surface area contributed by atoms with Crippen molar-refractivity contribution < 1.29 is 13.9 Å². The van der Waals surface area contributed by atoms with Crippen LogP contribution in [-0.4, -0.2) is 22.8 Å². The number of aromatic amines is 1. The van der Waals surface area contributed by atoms with Gasteiger partial charge in [-0.1, -0.05) is 6.07 Å². The molecule has 0 aliphatic rings. The number of carbonyl (C=O) groups is 1. The van der Waals surface area contributed by atoms with Gasteiger partial charge in [0.25, 0.3) is 0 Å². The highest BCUT2D eigenvalue weighted by Gasteiger charge is 2.17. The number of H-pyrrole nitrogens is 1. The van der Waals surface area contributed by atoms with Crippen LogP contribution in [0.3, 0.4) is 0 Å². The zero-order chi connectivity index (χ0) is 10.8. The van der Waals surface area contributed by atoms with E-state index in [4.69, 9.17) is 4.74 Å². The second-order valence-corrected chi connectivity index (χ2v) is 2.96. The molecule has 0 fully saturated rings. The molecule has 2 rings (SSSR count). The van der Waals surface area contributed by atoms with Crippen LogP contribution in [0.25, 0.3) is 10.9 Å². The van der Waals surface area contributed by atoms with E-state index < -0.39 is 11.8 Å². The number of esters is 1. The fourth-order valence-corrected chi connectivity index (χ4v) is 1.38. The third kappa shape index (κ3) is 1.56. The molecule has 1 heterocycles. The summed E-state index contributed by atoms with van der Waals surface area (Å²) in [6, 6.07) is 4.47. The monoisotopic (exact) mass is 208 g/mol. The summed E-state index contributed by atoms with van der Waals surface area (Å²) < 4.78 is 18.2. The molecule has 78 valence electrons. The highest BCUT2D eigenvalue weighted by molar-refractivity contribution is 6.02. The number of benzene rings is 1. The first-order valence-corrected chi connectivity index (χ1v) is 4.53. The fourth-order valence-electron chi connectivity index (χ4n) is 1.38. The Morgan fingerprint density at radius 3 is 3.13 bits per heavy atom. The lowest BCUT2D eigenvalue weighted by Crippen LogP contribution is -2.05. The summed E-state index contributed by atoms with van der Waals surface area (Å²) in [5.74, 6) is -1.10. The Bertz CT molecular complexity index is 507. The van der Waals surface area contributed by atoms with Crippen LogP contribution in [0.5, 0.6) is 0 Å². The highest BCUT2D eigenvalue weighted by Crippen LogP contribution is 2.19. The quantitative estimate of drug-likeness (QED) is 0.766. The van der Waals surface area contributed by atoms with E-state index in [1.54, 1.807) is 19.1 Å². The number of halogens is 1. The fraction of sp³-hybridized carbons (Fsp3) is 0.200. The average molecular weight is 208 g/mol. The standard InChI is InChI=1S/C10H9FN2O2/c1-2-15-10(14)9-8-6(11)4-3-5-7(8)12-13-9/h3-5H,2H2,1H3,(H,12,13). The van der Waals surface area contributed by atoms with Crippen molar-refractivity contribution in [2.45, 2.75) is 6.92 Å². The van der Waals surface area contributed by atoms with Crippen molar-refractivity contribution in [3.8, 4) is 0 Å². The van der Waals surface area contributed by atoms with Gasteiger partial charge in [-0.05, 0) is 19.1 Å². The van der Waals surface area contributed by atoms with E-state index in [2.05, 4.69) is 10.2 Å². The molecule has 1 N–H and O–H groups in total. The zero-order valence-electron chi connectivity index (χ0n) is 8.08. The molecule has 0 aliphatic heterocycles. The largest absolute Gasteiger partial charge is 0.461 e. The van der Waals surface area contributed by atoms with Gasteiger partial charge in [-0.3, -0.25) is 5.10 Å². The van der Waals surface area contributed by atoms with Crippen molar-refractivity contribution >= 4 is 16.9 Å². The molecule has 0 aliphatic carbocycles. The van der Waals surface area contributed by atoms with Gasteiger partial charge in [-0.15, -0.1) is 0 Å². The summed E-state index contributed by atoms with van der Waals surface area (Å²) in [6.07, 6.45) is 0. The van der Waals surface area contributed by atoms with E-state index in [1.165, 1.54) is 6.07 Å². The molecule has 15 heavy (non-hydrogen) atoms. The molecule has 2 aromatic rings. The summed E-state index contributed by atoms with van der Waals surface area (Å²) in [5, 5.41) is 6.49. The van der Waals surface area contributed by atoms with Crippen molar-refractivity contribution in [1.82, 2.24) is 10.2 Å². The number of nitrogens with one attached hydrogen (secondary N) is 1. The first-order valence-electron chi connectivity index (χ1n) is 4.53. The summed E-state index contributed by atoms with van der Waals surface area (Å²) in [7, 11) is 0. The van der Waals surface area contributed by atoms with Gasteiger partial charge in [-0.25, -0.2) is 9.18 Å². The maximum absolute atomic E-state index is 13.4. The van der Waals surface area contributed by atoms with Gasteiger partial charge in [0.2, 0.25) is 0 Å². The van der Waals surface area contributed by atoms with Crippen LogP contribution >= 0.6 is 0 Å². The molecule has 0 amide bonds. The van der Waals surface area contributed by atoms with E-state index in [0.717, 1.165) is 0 Å². The lowest BCUT2D eigenvalue weighted by Gasteiger charge is -1.98. The Balaban J connectivity index is 2.57. The number of nitrogens with zero attached hydrogens (tertiary/aromatic N) is 1. The molecule has 0 bridgehead atoms. The lowest BCUT2D eigenvalue weighted by molar-refractivity contribution is 0.0521. The number of aromatic nitrogens is 2. The van der Waals surface area contributed by atoms with Gasteiger partial charge in [0.1, 0.15) is 5.82 Å². The van der Waals surface area contributed by atoms with Gasteiger partial charge >= 0.3 is 5.97 Å². The van der Waals surface area contributed by atoms with Gasteiger partial charge in [-0.2, -0.15) is 5.10 Å². The van der Waals surface area contributed by atoms with E-state index in [1.807, 2.05) is 0 Å². The third-order valence-electron chi connectivity index (χ3n) is 2.01. The maximum Gasteiger partial charge on any atom is 0.359 e. The second-order valence-electron chi connectivity index (χ2n) is 2.96. The number of rotatable bonds is 2. The molecule has 5 heteroatoms. The second kappa shape index (κ2) is 3.68. The smallest absolute Gasteiger partial charge is 0.359 e. The van der Waals surface area contributed by atoms with Gasteiger partial charge < -0.3 is 4.74 Å². The highest BCUT2D eigenvalue weighted by atomic mass is 19.1. The normalized spacial score (nSPS) is 10.5. The number of fused-ring (bicyclic) bond motifs is 1. The van der Waals surface area contributed by atoms with Crippen LogP contribution in [0.15, 0.2) is 18.2 Å². The van der Waals surface area contributed by atoms with E-state index in [-0.39, 0.29) is 17.7 Å². The maximum atomic E-state index is 13.4. The first kappa shape index (κ1) is 9.64. The Kier molecular flexibility index (Phi) is 2.37. The predicted octanol–water partition coefficient (Wildman–Crippen LogP) is 1.88. The number of hydrogen-bond acceptors (Lipinski definition) is 3. The van der Waals surface area contributed by atoms with E-state index in [9.17, 15) is 9.18 Å². The average Bonchev–Trinajstić information content (AvgIpc) is 2.63. The molecule has 0 saturated carbocycles. The van der Waals surface area contributed by atoms with Crippen LogP contribution in [-0.2, 0) is 4.74 Å². The summed E-state index contributed by atoms with van der Waals surface area (Å²) >= 11 is 0. The summed E-state index contributed by atoms with van der Waals surface area (Å²) in [6.45, 7) is 1.92. The zero-order valence-corrected chi connectivity index (χ0v) is 8.08. The number of hydrogen-bond donors (Lipinski definition) is 1. The van der Waals surface area contributed by atoms with Crippen molar-refractivity contribution in [2.24, 2.45) is 0 Å². The van der Waals surface area contributed by atoms with Crippen molar-refractivity contribution in [3.05, 3.63) is 29.7 Å². The first-order chi connectivity index (χ1) is 7.24. The van der Waals surface area contributed by atoms with Gasteiger partial charge in [0.15, 0.2) is 5.69 Å². The SMILES string of the molecule is CCOC(=O)c1n[nH]c2cccc(F)c12. The molecule has 0 saturated heterocycles. The van der Waals surface area contributed by atoms with Crippen molar-refractivity contribution in [2.75, 3.05) is 6.61 Å². The Morgan fingerprint density at radius 2 is 2.40 bits per heavy atom. The minimum absolute atomic E-state index is 0.00931. The van der Waals surface area contributed by atoms with Crippen LogP contribution < -0.4 is 0 Å². The number of carbonyl (C=O) groups excluding carboxylic acids is 1. The minimum Gasteiger partial charge on any atom is -0.461 e. The molecule has 0 atom stereocenters. The summed E-state index contributed by atoms with van der Waals surface area (Å²) in [5.41, 5.74) is 0.475. The van der Waals surface area contributed by atoms with Crippen LogP contribution in [0.4, 0.5) is 4.39 Å². The topological polar surface area (TPSA) is 55.0 Å². The van der Waals surface area contributed by atoms with Crippen LogP contribution in [0.1, 0.15) is 17.4 Å². The minimum atomic E-state index is -0.617. The van der Waals surface area contributed by atoms with Crippen LogP contribution in [0, 0.1) is 5.82 Å². The molecule has 4 nitrogen and oxygen atoms in total. The van der Waals surface area contributed by atoms with E-state index >= 15 is 0 Å². The molecular formula is C10H9FN2O2. The lowest BCUT2D eigenvalue weighted by atomic mass is 10.2. The van der Waals surface area contributed by atoms with Crippen molar-refractivity contribution in [3.63, 3.8) is 0 Å². The number of ether oxygens (including phenoxy) is 1. The van der Waals surface area contributed by atoms with E-state index in [0.29, 0.717) is 5.52 Å². The van der Waals surface area contributed by atoms with Crippen LogP contribution in [0.2, 0.25) is 0 Å². The molecule has 1 aromatic heterocycles. The predicted molar refractivity (Wildman–Crippen MR) is 52.0 cm³/mol. The Hall–Kier alpha value is -1.91. The molecule has 0 radical (unpaired) electrons. The Labute approximate surface area is 85.0 Å². The Morgan fingerprint density at radius 1 is 1.60 bits per heavy atom. The molecule has 0 unspecified atom stereocenters. The third-order valence-corrected chi connectivity index (χ3v) is 2.01. The molecule has 1 aromatic carbocycles. The summed E-state index contributed by atoms with van der Waals surface area (Å²) in [4.78, 5) is 11.4. The molecular weight excluding hydrogens is 199 g/mol.